The Morgan fingerprint density at radius 2 is 1.96 bits per heavy atom. The van der Waals surface area contributed by atoms with Crippen LogP contribution in [0.5, 0.6) is 0 Å². The van der Waals surface area contributed by atoms with E-state index in [1.54, 1.807) is 23.5 Å². The molecule has 6 nitrogen and oxygen atoms in total. The summed E-state index contributed by atoms with van der Waals surface area (Å²) in [6, 6.07) is 7.16. The second-order valence-electron chi connectivity index (χ2n) is 5.11. The Kier molecular flexibility index (Phi) is 4.38. The first-order chi connectivity index (χ1) is 11.1. The molecule has 0 atom stereocenters. The Balaban J connectivity index is 1.57. The largest absolute Gasteiger partial charge is 0.352 e. The lowest BCUT2D eigenvalue weighted by Crippen LogP contribution is -2.23. The number of hydrogen-bond acceptors (Lipinski definition) is 4. The molecule has 0 radical (unpaired) electrons. The van der Waals surface area contributed by atoms with Crippen LogP contribution in [-0.4, -0.2) is 21.2 Å². The Morgan fingerprint density at radius 1 is 1.17 bits per heavy atom. The fourth-order valence-electron chi connectivity index (χ4n) is 2.13. The number of carbonyl (C=O) groups excluding carboxylic acids is 2. The fourth-order valence-corrected chi connectivity index (χ4v) is 2.85. The summed E-state index contributed by atoms with van der Waals surface area (Å²) in [5.41, 5.74) is 2.36. The summed E-state index contributed by atoms with van der Waals surface area (Å²) >= 11 is 1.56. The van der Waals surface area contributed by atoms with Crippen LogP contribution in [-0.2, 0) is 17.9 Å². The van der Waals surface area contributed by atoms with Crippen LogP contribution in [0.2, 0.25) is 0 Å². The maximum atomic E-state index is 12.1. The second-order valence-corrected chi connectivity index (χ2v) is 5.99. The highest BCUT2D eigenvalue weighted by Crippen LogP contribution is 2.11. The van der Waals surface area contributed by atoms with Crippen molar-refractivity contribution in [3.05, 3.63) is 58.9 Å². The quantitative estimate of drug-likeness (QED) is 0.752. The molecule has 2 heterocycles. The molecule has 0 saturated heterocycles. The normalized spacial score (nSPS) is 10.7. The van der Waals surface area contributed by atoms with Gasteiger partial charge >= 0.3 is 0 Å². The molecule has 0 aliphatic rings. The molecule has 3 rings (SSSR count). The number of thiazole rings is 1. The topological polar surface area (TPSA) is 75.5 Å². The second kappa shape index (κ2) is 6.62. The van der Waals surface area contributed by atoms with Gasteiger partial charge in [-0.3, -0.25) is 14.0 Å². The number of fused-ring (bicyclic) bond motifs is 1. The average molecular weight is 328 g/mol. The zero-order chi connectivity index (χ0) is 16.2. The van der Waals surface area contributed by atoms with E-state index in [0.717, 1.165) is 16.2 Å². The molecule has 0 bridgehead atoms. The van der Waals surface area contributed by atoms with E-state index < -0.39 is 0 Å². The van der Waals surface area contributed by atoms with Gasteiger partial charge in [-0.1, -0.05) is 12.1 Å². The van der Waals surface area contributed by atoms with Crippen LogP contribution in [0.1, 0.15) is 28.5 Å². The number of nitrogens with one attached hydrogen (secondary N) is 2. The molecule has 0 spiro atoms. The molecule has 23 heavy (non-hydrogen) atoms. The zero-order valence-corrected chi connectivity index (χ0v) is 13.4. The fraction of sp³-hybridized carbons (Fsp3) is 0.188. The van der Waals surface area contributed by atoms with E-state index in [2.05, 4.69) is 15.6 Å². The van der Waals surface area contributed by atoms with Gasteiger partial charge in [-0.25, -0.2) is 4.98 Å². The summed E-state index contributed by atoms with van der Waals surface area (Å²) in [6.45, 7) is 2.32. The van der Waals surface area contributed by atoms with Crippen LogP contribution in [0.4, 0.5) is 0 Å². The maximum Gasteiger partial charge on any atom is 0.251 e. The van der Waals surface area contributed by atoms with Crippen LogP contribution >= 0.6 is 11.3 Å². The van der Waals surface area contributed by atoms with Crippen molar-refractivity contribution >= 4 is 28.1 Å². The van der Waals surface area contributed by atoms with Gasteiger partial charge < -0.3 is 10.6 Å². The maximum absolute atomic E-state index is 12.1. The van der Waals surface area contributed by atoms with E-state index in [9.17, 15) is 9.59 Å². The number of aromatic nitrogens is 2. The average Bonchev–Trinajstić information content (AvgIpc) is 3.12. The van der Waals surface area contributed by atoms with Gasteiger partial charge in [0.25, 0.3) is 5.91 Å². The third-order valence-electron chi connectivity index (χ3n) is 3.33. The summed E-state index contributed by atoms with van der Waals surface area (Å²) < 4.78 is 1.93. The molecule has 7 heteroatoms. The van der Waals surface area contributed by atoms with Crippen molar-refractivity contribution in [2.75, 3.05) is 0 Å². The van der Waals surface area contributed by atoms with Crippen LogP contribution in [0.25, 0.3) is 4.96 Å². The van der Waals surface area contributed by atoms with Gasteiger partial charge in [-0.15, -0.1) is 11.3 Å². The van der Waals surface area contributed by atoms with Gasteiger partial charge in [0.05, 0.1) is 12.2 Å². The lowest BCUT2D eigenvalue weighted by atomic mass is 10.1. The third-order valence-corrected chi connectivity index (χ3v) is 4.10. The Bertz CT molecular complexity index is 807. The Morgan fingerprint density at radius 3 is 2.65 bits per heavy atom. The van der Waals surface area contributed by atoms with Crippen molar-refractivity contribution in [3.8, 4) is 0 Å². The number of benzene rings is 1. The van der Waals surface area contributed by atoms with Gasteiger partial charge in [0.2, 0.25) is 5.91 Å². The van der Waals surface area contributed by atoms with E-state index in [-0.39, 0.29) is 11.8 Å². The highest BCUT2D eigenvalue weighted by molar-refractivity contribution is 7.15. The minimum Gasteiger partial charge on any atom is -0.352 e. The molecule has 0 unspecified atom stereocenters. The molecule has 3 aromatic rings. The Hall–Kier alpha value is -2.67. The van der Waals surface area contributed by atoms with E-state index in [1.807, 2.05) is 34.3 Å². The van der Waals surface area contributed by atoms with E-state index in [0.29, 0.717) is 18.7 Å². The first kappa shape index (κ1) is 15.2. The molecule has 1 aromatic carbocycles. The summed E-state index contributed by atoms with van der Waals surface area (Å²) in [6.07, 6.45) is 3.84. The lowest BCUT2D eigenvalue weighted by molar-refractivity contribution is -0.119. The monoisotopic (exact) mass is 328 g/mol. The number of rotatable bonds is 5. The molecule has 2 N–H and O–H groups in total. The van der Waals surface area contributed by atoms with Crippen LogP contribution in [0.3, 0.4) is 0 Å². The van der Waals surface area contributed by atoms with Crippen molar-refractivity contribution in [2.24, 2.45) is 0 Å². The van der Waals surface area contributed by atoms with E-state index in [4.69, 9.17) is 0 Å². The Labute approximate surface area is 137 Å². The third kappa shape index (κ3) is 3.75. The van der Waals surface area contributed by atoms with Gasteiger partial charge in [-0.05, 0) is 17.7 Å². The standard InChI is InChI=1S/C16H16N4O2S/c1-11(21)17-8-12-2-4-13(5-3-12)15(22)18-9-14-10-20-6-7-23-16(20)19-14/h2-7,10H,8-9H2,1H3,(H,17,21)(H,18,22). The number of nitrogens with zero attached hydrogens (tertiary/aromatic N) is 2. The van der Waals surface area contributed by atoms with Gasteiger partial charge in [0.1, 0.15) is 0 Å². The number of carbonyl (C=O) groups is 2. The zero-order valence-electron chi connectivity index (χ0n) is 12.6. The number of hydrogen-bond donors (Lipinski definition) is 2. The molecule has 0 fully saturated rings. The highest BCUT2D eigenvalue weighted by Gasteiger charge is 2.07. The molecule has 2 amide bonds. The summed E-state index contributed by atoms with van der Waals surface area (Å²) in [5.74, 6) is -0.223. The summed E-state index contributed by atoms with van der Waals surface area (Å²) in [4.78, 5) is 28.3. The molecule has 0 saturated carbocycles. The predicted molar refractivity (Wildman–Crippen MR) is 88.2 cm³/mol. The lowest BCUT2D eigenvalue weighted by Gasteiger charge is -2.05. The predicted octanol–water partition coefficient (Wildman–Crippen LogP) is 1.96. The van der Waals surface area contributed by atoms with Gasteiger partial charge in [0.15, 0.2) is 4.96 Å². The SMILES string of the molecule is CC(=O)NCc1ccc(C(=O)NCc2cn3ccsc3n2)cc1. The summed E-state index contributed by atoms with van der Waals surface area (Å²) in [7, 11) is 0. The van der Waals surface area contributed by atoms with Crippen molar-refractivity contribution in [2.45, 2.75) is 20.0 Å². The van der Waals surface area contributed by atoms with Crippen LogP contribution in [0, 0.1) is 0 Å². The van der Waals surface area contributed by atoms with E-state index >= 15 is 0 Å². The van der Waals surface area contributed by atoms with Crippen LogP contribution in [0.15, 0.2) is 42.0 Å². The molecular formula is C16H16N4O2S. The van der Waals surface area contributed by atoms with Gasteiger partial charge in [0, 0.05) is 36.8 Å². The van der Waals surface area contributed by atoms with Crippen LogP contribution < -0.4 is 10.6 Å². The molecule has 0 aliphatic heterocycles. The molecule has 118 valence electrons. The van der Waals surface area contributed by atoms with Crippen molar-refractivity contribution in [3.63, 3.8) is 0 Å². The minimum atomic E-state index is -0.146. The number of amides is 2. The van der Waals surface area contributed by atoms with E-state index in [1.165, 1.54) is 6.92 Å². The van der Waals surface area contributed by atoms with Gasteiger partial charge in [-0.2, -0.15) is 0 Å². The first-order valence-electron chi connectivity index (χ1n) is 7.14. The van der Waals surface area contributed by atoms with Crippen molar-refractivity contribution in [1.82, 2.24) is 20.0 Å². The minimum absolute atomic E-state index is 0.0770. The molecule has 0 aliphatic carbocycles. The van der Waals surface area contributed by atoms with Crippen molar-refractivity contribution < 1.29 is 9.59 Å². The molecule has 2 aromatic heterocycles. The number of imidazole rings is 1. The first-order valence-corrected chi connectivity index (χ1v) is 8.02. The molecular weight excluding hydrogens is 312 g/mol. The smallest absolute Gasteiger partial charge is 0.251 e. The highest BCUT2D eigenvalue weighted by atomic mass is 32.1. The summed E-state index contributed by atoms with van der Waals surface area (Å²) in [5, 5.41) is 7.54. The van der Waals surface area contributed by atoms with Crippen molar-refractivity contribution in [1.29, 1.82) is 0 Å².